The average molecular weight is 251 g/mol. The van der Waals surface area contributed by atoms with Crippen LogP contribution in [0.2, 0.25) is 0 Å². The maximum absolute atomic E-state index is 13.7. The molecule has 1 saturated carbocycles. The number of rotatable bonds is 2. The maximum Gasteiger partial charge on any atom is 0.254 e. The van der Waals surface area contributed by atoms with Crippen molar-refractivity contribution >= 4 is 11.7 Å². The molecule has 0 radical (unpaired) electrons. The van der Waals surface area contributed by atoms with Gasteiger partial charge in [-0.25, -0.2) is 9.37 Å². The van der Waals surface area contributed by atoms with E-state index in [9.17, 15) is 9.18 Å². The predicted octanol–water partition coefficient (Wildman–Crippen LogP) is 2.26. The van der Waals surface area contributed by atoms with Crippen LogP contribution in [0.15, 0.2) is 12.3 Å². The van der Waals surface area contributed by atoms with Crippen LogP contribution in [0.1, 0.15) is 49.4 Å². The number of pyridine rings is 1. The van der Waals surface area contributed by atoms with Crippen LogP contribution >= 0.6 is 0 Å². The second kappa shape index (κ2) is 4.92. The summed E-state index contributed by atoms with van der Waals surface area (Å²) < 4.78 is 13.7. The number of nitrogens with one attached hydrogen (secondary N) is 1. The molecule has 5 heteroatoms. The van der Waals surface area contributed by atoms with Crippen LogP contribution in [0.3, 0.4) is 0 Å². The van der Waals surface area contributed by atoms with Gasteiger partial charge in [-0.3, -0.25) is 4.79 Å². The molecule has 0 aromatic carbocycles. The summed E-state index contributed by atoms with van der Waals surface area (Å²) in [5, 5.41) is 2.92. The first-order chi connectivity index (χ1) is 8.52. The molecular weight excluding hydrogens is 233 g/mol. The highest BCUT2D eigenvalue weighted by Crippen LogP contribution is 2.28. The molecule has 1 heterocycles. The second-order valence-corrected chi connectivity index (χ2v) is 5.13. The topological polar surface area (TPSA) is 68.0 Å². The lowest BCUT2D eigenvalue weighted by molar-refractivity contribution is 0.0878. The quantitative estimate of drug-likeness (QED) is 0.847. The van der Waals surface area contributed by atoms with Crippen LogP contribution in [0.25, 0.3) is 0 Å². The highest BCUT2D eigenvalue weighted by molar-refractivity contribution is 5.95. The summed E-state index contributed by atoms with van der Waals surface area (Å²) in [5.74, 6) is -1.39. The molecule has 4 nitrogen and oxygen atoms in total. The number of amides is 1. The lowest BCUT2D eigenvalue weighted by Gasteiger charge is -2.34. The van der Waals surface area contributed by atoms with E-state index in [-0.39, 0.29) is 16.9 Å². The monoisotopic (exact) mass is 251 g/mol. The number of hydrogen-bond acceptors (Lipinski definition) is 3. The van der Waals surface area contributed by atoms with Gasteiger partial charge in [0.05, 0.1) is 5.56 Å². The van der Waals surface area contributed by atoms with Gasteiger partial charge in [-0.1, -0.05) is 19.3 Å². The molecule has 1 aromatic heterocycles. The van der Waals surface area contributed by atoms with Crippen molar-refractivity contribution in [1.29, 1.82) is 0 Å². The Balaban J connectivity index is 2.14. The summed E-state index contributed by atoms with van der Waals surface area (Å²) in [6.45, 7) is 2.01. The fourth-order valence-electron chi connectivity index (χ4n) is 2.43. The van der Waals surface area contributed by atoms with Crippen molar-refractivity contribution in [3.05, 3.63) is 23.6 Å². The molecule has 0 saturated heterocycles. The van der Waals surface area contributed by atoms with E-state index in [1.54, 1.807) is 0 Å². The van der Waals surface area contributed by atoms with Gasteiger partial charge >= 0.3 is 0 Å². The fraction of sp³-hybridized carbons (Fsp3) is 0.538. The Morgan fingerprint density at radius 1 is 1.44 bits per heavy atom. The lowest BCUT2D eigenvalue weighted by Crippen LogP contribution is -2.47. The Morgan fingerprint density at radius 2 is 2.11 bits per heavy atom. The third-order valence-corrected chi connectivity index (χ3v) is 3.53. The number of hydrogen-bond donors (Lipinski definition) is 2. The van der Waals surface area contributed by atoms with Crippen molar-refractivity contribution in [2.75, 3.05) is 5.73 Å². The first kappa shape index (κ1) is 12.8. The van der Waals surface area contributed by atoms with Gasteiger partial charge in [0.1, 0.15) is 0 Å². The minimum absolute atomic E-state index is 0.0331. The molecule has 1 aliphatic carbocycles. The number of nitrogens with two attached hydrogens (primary N) is 1. The maximum atomic E-state index is 13.7. The minimum Gasteiger partial charge on any atom is -0.381 e. The number of halogens is 1. The Hall–Kier alpha value is -1.65. The molecule has 1 amide bonds. The fourth-order valence-corrected chi connectivity index (χ4v) is 2.43. The summed E-state index contributed by atoms with van der Waals surface area (Å²) in [6, 6.07) is 1.35. The van der Waals surface area contributed by atoms with Gasteiger partial charge in [-0.05, 0) is 25.8 Å². The summed E-state index contributed by atoms with van der Waals surface area (Å²) in [6.07, 6.45) is 6.59. The second-order valence-electron chi connectivity index (χ2n) is 5.13. The summed E-state index contributed by atoms with van der Waals surface area (Å²) in [4.78, 5) is 15.7. The number of anilines is 1. The van der Waals surface area contributed by atoms with Crippen molar-refractivity contribution in [2.24, 2.45) is 0 Å². The van der Waals surface area contributed by atoms with Gasteiger partial charge in [0.2, 0.25) is 0 Å². The highest BCUT2D eigenvalue weighted by Gasteiger charge is 2.29. The van der Waals surface area contributed by atoms with Crippen LogP contribution < -0.4 is 11.1 Å². The number of carbonyl (C=O) groups is 1. The summed E-state index contributed by atoms with van der Waals surface area (Å²) in [5.41, 5.74) is 5.09. The molecule has 1 aromatic rings. The molecule has 3 N–H and O–H groups in total. The number of nitrogens with zero attached hydrogens (tertiary/aromatic N) is 1. The molecule has 0 spiro atoms. The number of carbonyl (C=O) groups excluding carboxylic acids is 1. The molecule has 0 bridgehead atoms. The third-order valence-electron chi connectivity index (χ3n) is 3.53. The number of nitrogen functional groups attached to an aromatic ring is 1. The SMILES string of the molecule is CC1(NC(=O)c2ccnc(N)c2F)CCCCC1. The van der Waals surface area contributed by atoms with Crippen LogP contribution in [0, 0.1) is 5.82 Å². The van der Waals surface area contributed by atoms with Crippen molar-refractivity contribution in [1.82, 2.24) is 10.3 Å². The number of aromatic nitrogens is 1. The summed E-state index contributed by atoms with van der Waals surface area (Å²) >= 11 is 0. The molecule has 98 valence electrons. The van der Waals surface area contributed by atoms with Gasteiger partial charge in [0.15, 0.2) is 11.6 Å². The summed E-state index contributed by atoms with van der Waals surface area (Å²) in [7, 11) is 0. The van der Waals surface area contributed by atoms with E-state index in [4.69, 9.17) is 5.73 Å². The Bertz CT molecular complexity index is 456. The first-order valence-electron chi connectivity index (χ1n) is 6.24. The zero-order valence-electron chi connectivity index (χ0n) is 10.5. The van der Waals surface area contributed by atoms with Crippen molar-refractivity contribution in [3.8, 4) is 0 Å². The minimum atomic E-state index is -0.741. The van der Waals surface area contributed by atoms with Gasteiger partial charge in [0, 0.05) is 11.7 Å². The highest BCUT2D eigenvalue weighted by atomic mass is 19.1. The molecule has 0 aliphatic heterocycles. The predicted molar refractivity (Wildman–Crippen MR) is 67.6 cm³/mol. The molecule has 0 unspecified atom stereocenters. The van der Waals surface area contributed by atoms with E-state index in [0.29, 0.717) is 0 Å². The van der Waals surface area contributed by atoms with Gasteiger partial charge in [-0.2, -0.15) is 0 Å². The average Bonchev–Trinajstić information content (AvgIpc) is 2.33. The molecule has 0 atom stereocenters. The van der Waals surface area contributed by atoms with Crippen LogP contribution in [-0.4, -0.2) is 16.4 Å². The van der Waals surface area contributed by atoms with Crippen molar-refractivity contribution < 1.29 is 9.18 Å². The van der Waals surface area contributed by atoms with Gasteiger partial charge in [0.25, 0.3) is 5.91 Å². The lowest BCUT2D eigenvalue weighted by atomic mass is 9.83. The van der Waals surface area contributed by atoms with Gasteiger partial charge in [-0.15, -0.1) is 0 Å². The Kier molecular flexibility index (Phi) is 3.50. The third kappa shape index (κ3) is 2.60. The molecule has 1 fully saturated rings. The Labute approximate surface area is 106 Å². The smallest absolute Gasteiger partial charge is 0.254 e. The normalized spacial score (nSPS) is 18.3. The van der Waals surface area contributed by atoms with Crippen LogP contribution in [0.4, 0.5) is 10.2 Å². The van der Waals surface area contributed by atoms with Crippen LogP contribution in [-0.2, 0) is 0 Å². The standard InChI is InChI=1S/C13H18FN3O/c1-13(6-3-2-4-7-13)17-12(18)9-5-8-16-11(15)10(9)14/h5,8H,2-4,6-7H2,1H3,(H2,15,16)(H,17,18). The van der Waals surface area contributed by atoms with E-state index >= 15 is 0 Å². The van der Waals surface area contributed by atoms with Crippen molar-refractivity contribution in [3.63, 3.8) is 0 Å². The zero-order chi connectivity index (χ0) is 13.2. The molecular formula is C13H18FN3O. The molecule has 1 aliphatic rings. The van der Waals surface area contributed by atoms with E-state index in [1.165, 1.54) is 18.7 Å². The molecule has 18 heavy (non-hydrogen) atoms. The van der Waals surface area contributed by atoms with Crippen LogP contribution in [0.5, 0.6) is 0 Å². The largest absolute Gasteiger partial charge is 0.381 e. The zero-order valence-corrected chi connectivity index (χ0v) is 10.5. The van der Waals surface area contributed by atoms with Crippen molar-refractivity contribution in [2.45, 2.75) is 44.6 Å². The van der Waals surface area contributed by atoms with E-state index in [2.05, 4.69) is 10.3 Å². The van der Waals surface area contributed by atoms with E-state index < -0.39 is 11.7 Å². The Morgan fingerprint density at radius 3 is 2.78 bits per heavy atom. The van der Waals surface area contributed by atoms with E-state index in [0.717, 1.165) is 25.7 Å². The molecule has 2 rings (SSSR count). The van der Waals surface area contributed by atoms with E-state index in [1.807, 2.05) is 6.92 Å². The van der Waals surface area contributed by atoms with Gasteiger partial charge < -0.3 is 11.1 Å². The first-order valence-corrected chi connectivity index (χ1v) is 6.24.